The highest BCUT2D eigenvalue weighted by molar-refractivity contribution is 5.71. The van der Waals surface area contributed by atoms with Crippen molar-refractivity contribution < 1.29 is 28.6 Å². The molecule has 61 heavy (non-hydrogen) atoms. The number of esters is 3. The Kier molecular flexibility index (Phi) is 48.8. The van der Waals surface area contributed by atoms with Crippen molar-refractivity contribution in [3.05, 3.63) is 24.3 Å². The topological polar surface area (TPSA) is 78.9 Å². The molecule has 358 valence electrons. The van der Waals surface area contributed by atoms with Crippen LogP contribution in [0, 0.1) is 0 Å². The van der Waals surface area contributed by atoms with Crippen LogP contribution < -0.4 is 0 Å². The van der Waals surface area contributed by atoms with E-state index in [4.69, 9.17) is 14.2 Å². The van der Waals surface area contributed by atoms with Crippen LogP contribution in [0.3, 0.4) is 0 Å². The second-order valence-electron chi connectivity index (χ2n) is 18.1. The van der Waals surface area contributed by atoms with Gasteiger partial charge in [-0.3, -0.25) is 14.4 Å². The van der Waals surface area contributed by atoms with Crippen LogP contribution in [0.5, 0.6) is 0 Å². The summed E-state index contributed by atoms with van der Waals surface area (Å²) < 4.78 is 16.8. The van der Waals surface area contributed by atoms with E-state index in [1.54, 1.807) is 0 Å². The van der Waals surface area contributed by atoms with E-state index in [1.807, 2.05) is 0 Å². The van der Waals surface area contributed by atoms with Crippen LogP contribution in [0.1, 0.15) is 290 Å². The van der Waals surface area contributed by atoms with Crippen molar-refractivity contribution >= 4 is 17.9 Å². The molecule has 0 rings (SSSR count). The van der Waals surface area contributed by atoms with Crippen LogP contribution in [0.4, 0.5) is 0 Å². The van der Waals surface area contributed by atoms with Gasteiger partial charge in [0.05, 0.1) is 0 Å². The summed E-state index contributed by atoms with van der Waals surface area (Å²) in [6.45, 7) is 6.64. The van der Waals surface area contributed by atoms with Gasteiger partial charge in [0.25, 0.3) is 0 Å². The van der Waals surface area contributed by atoms with Crippen molar-refractivity contribution in [1.29, 1.82) is 0 Å². The summed E-state index contributed by atoms with van der Waals surface area (Å²) in [6, 6.07) is 0. The maximum atomic E-state index is 12.8. The fraction of sp³-hybridized carbons (Fsp3) is 0.873. The lowest BCUT2D eigenvalue weighted by atomic mass is 10.0. The molecule has 0 aromatic heterocycles. The SMILES string of the molecule is CCCCCC/C=C\CCCCCCCC(=O)O[C@H](COC(=O)CCCCCCCCC/C=C\CCCCCCCC)COC(=O)CCCCCCCCCCCCCCC. The van der Waals surface area contributed by atoms with Gasteiger partial charge in [-0.2, -0.15) is 0 Å². The van der Waals surface area contributed by atoms with E-state index in [0.29, 0.717) is 19.3 Å². The molecule has 0 fully saturated rings. The van der Waals surface area contributed by atoms with Crippen molar-refractivity contribution in [1.82, 2.24) is 0 Å². The second kappa shape index (κ2) is 50.5. The van der Waals surface area contributed by atoms with E-state index in [1.165, 1.54) is 186 Å². The number of hydrogen-bond acceptors (Lipinski definition) is 6. The van der Waals surface area contributed by atoms with Crippen LogP contribution >= 0.6 is 0 Å². The van der Waals surface area contributed by atoms with E-state index in [9.17, 15) is 14.4 Å². The Balaban J connectivity index is 4.34. The number of allylic oxidation sites excluding steroid dienone is 4. The van der Waals surface area contributed by atoms with Gasteiger partial charge in [0.2, 0.25) is 0 Å². The minimum atomic E-state index is -0.772. The Morgan fingerprint density at radius 2 is 0.541 bits per heavy atom. The highest BCUT2D eigenvalue weighted by Crippen LogP contribution is 2.16. The van der Waals surface area contributed by atoms with Crippen molar-refractivity contribution in [2.75, 3.05) is 13.2 Å². The molecule has 0 aliphatic heterocycles. The van der Waals surface area contributed by atoms with Gasteiger partial charge in [-0.05, 0) is 70.6 Å². The molecule has 0 saturated heterocycles. The average Bonchev–Trinajstić information content (AvgIpc) is 3.26. The Morgan fingerprint density at radius 3 is 0.836 bits per heavy atom. The summed E-state index contributed by atoms with van der Waals surface area (Å²) in [7, 11) is 0. The molecule has 0 radical (unpaired) electrons. The summed E-state index contributed by atoms with van der Waals surface area (Å²) in [5.41, 5.74) is 0. The monoisotopic (exact) mass is 859 g/mol. The van der Waals surface area contributed by atoms with Gasteiger partial charge in [0, 0.05) is 19.3 Å². The quantitative estimate of drug-likeness (QED) is 0.0262. The molecular formula is C55H102O6. The largest absolute Gasteiger partial charge is 0.462 e. The zero-order chi connectivity index (χ0) is 44.4. The fourth-order valence-electron chi connectivity index (χ4n) is 7.84. The summed E-state index contributed by atoms with van der Waals surface area (Å²) in [6.07, 6.45) is 57.3. The van der Waals surface area contributed by atoms with Crippen LogP contribution in [-0.4, -0.2) is 37.2 Å². The molecule has 0 aromatic carbocycles. The Bertz CT molecular complexity index is 989. The van der Waals surface area contributed by atoms with Gasteiger partial charge >= 0.3 is 17.9 Å². The van der Waals surface area contributed by atoms with Crippen molar-refractivity contribution in [2.45, 2.75) is 297 Å². The summed E-state index contributed by atoms with van der Waals surface area (Å²) in [4.78, 5) is 38.0. The first-order chi connectivity index (χ1) is 30.0. The van der Waals surface area contributed by atoms with E-state index >= 15 is 0 Å². The van der Waals surface area contributed by atoms with Gasteiger partial charge < -0.3 is 14.2 Å². The first kappa shape index (κ1) is 58.9. The first-order valence-electron chi connectivity index (χ1n) is 26.8. The molecule has 1 atom stereocenters. The third-order valence-corrected chi connectivity index (χ3v) is 11.9. The van der Waals surface area contributed by atoms with Gasteiger partial charge in [-0.1, -0.05) is 225 Å². The Hall–Kier alpha value is -2.11. The molecule has 6 nitrogen and oxygen atoms in total. The molecule has 0 heterocycles. The van der Waals surface area contributed by atoms with Gasteiger partial charge in [0.15, 0.2) is 6.10 Å². The van der Waals surface area contributed by atoms with E-state index in [0.717, 1.165) is 64.2 Å². The zero-order valence-corrected chi connectivity index (χ0v) is 40.9. The summed E-state index contributed by atoms with van der Waals surface area (Å²) in [5, 5.41) is 0. The first-order valence-corrected chi connectivity index (χ1v) is 26.8. The smallest absolute Gasteiger partial charge is 0.306 e. The highest BCUT2D eigenvalue weighted by atomic mass is 16.6. The van der Waals surface area contributed by atoms with Crippen LogP contribution in [0.15, 0.2) is 24.3 Å². The molecule has 0 spiro atoms. The second-order valence-corrected chi connectivity index (χ2v) is 18.1. The molecule has 0 amide bonds. The molecule has 0 saturated carbocycles. The zero-order valence-electron chi connectivity index (χ0n) is 40.9. The lowest BCUT2D eigenvalue weighted by molar-refractivity contribution is -0.167. The predicted octanol–water partition coefficient (Wildman–Crippen LogP) is 17.5. The van der Waals surface area contributed by atoms with E-state index < -0.39 is 6.10 Å². The number of unbranched alkanes of at least 4 members (excludes halogenated alkanes) is 34. The van der Waals surface area contributed by atoms with Crippen LogP contribution in [0.2, 0.25) is 0 Å². The molecule has 0 N–H and O–H groups in total. The number of carbonyl (C=O) groups excluding carboxylic acids is 3. The van der Waals surface area contributed by atoms with Crippen LogP contribution in [0.25, 0.3) is 0 Å². The average molecular weight is 859 g/mol. The summed E-state index contributed by atoms with van der Waals surface area (Å²) in [5.74, 6) is -0.871. The third kappa shape index (κ3) is 48.8. The molecular weight excluding hydrogens is 757 g/mol. The van der Waals surface area contributed by atoms with Crippen LogP contribution in [-0.2, 0) is 28.6 Å². The molecule has 6 heteroatoms. The normalized spacial score (nSPS) is 12.1. The molecule has 0 aliphatic carbocycles. The van der Waals surface area contributed by atoms with Crippen molar-refractivity contribution in [3.63, 3.8) is 0 Å². The van der Waals surface area contributed by atoms with Crippen molar-refractivity contribution in [3.8, 4) is 0 Å². The maximum absolute atomic E-state index is 12.8. The van der Waals surface area contributed by atoms with E-state index in [-0.39, 0.29) is 31.1 Å². The standard InChI is InChI=1S/C55H102O6/c1-4-7-10-13-16-19-22-25-26-27-28-31-33-36-39-42-45-48-54(57)60-51-52(61-55(58)49-46-43-40-37-34-30-24-21-18-15-12-9-6-3)50-59-53(56)47-44-41-38-35-32-29-23-20-17-14-11-8-5-2/h21,24-26,52H,4-20,22-23,27-51H2,1-3H3/b24-21-,26-25-/t52-/m0/s1. The predicted molar refractivity (Wildman–Crippen MR) is 261 cm³/mol. The third-order valence-electron chi connectivity index (χ3n) is 11.9. The maximum Gasteiger partial charge on any atom is 0.306 e. The Labute approximate surface area is 379 Å². The minimum Gasteiger partial charge on any atom is -0.462 e. The summed E-state index contributed by atoms with van der Waals surface area (Å²) >= 11 is 0. The van der Waals surface area contributed by atoms with Gasteiger partial charge in [-0.15, -0.1) is 0 Å². The molecule has 0 aromatic rings. The lowest BCUT2D eigenvalue weighted by Gasteiger charge is -2.18. The van der Waals surface area contributed by atoms with E-state index in [2.05, 4.69) is 45.1 Å². The van der Waals surface area contributed by atoms with Crippen molar-refractivity contribution in [2.24, 2.45) is 0 Å². The minimum absolute atomic E-state index is 0.0721. The fourth-order valence-corrected chi connectivity index (χ4v) is 7.84. The van der Waals surface area contributed by atoms with Gasteiger partial charge in [0.1, 0.15) is 13.2 Å². The lowest BCUT2D eigenvalue weighted by Crippen LogP contribution is -2.30. The Morgan fingerprint density at radius 1 is 0.311 bits per heavy atom. The number of carbonyl (C=O) groups is 3. The molecule has 0 aliphatic rings. The highest BCUT2D eigenvalue weighted by Gasteiger charge is 2.19. The number of hydrogen-bond donors (Lipinski definition) is 0. The molecule has 0 bridgehead atoms. The van der Waals surface area contributed by atoms with Gasteiger partial charge in [-0.25, -0.2) is 0 Å². The number of ether oxygens (including phenoxy) is 3. The molecule has 0 unspecified atom stereocenters. The number of rotatable bonds is 49.